The van der Waals surface area contributed by atoms with Crippen LogP contribution < -0.4 is 4.80 Å². The lowest BCUT2D eigenvalue weighted by Gasteiger charge is -2.02. The van der Waals surface area contributed by atoms with Crippen LogP contribution >= 0.6 is 11.3 Å². The molecular weight excluding hydrogens is 391 g/mol. The Morgan fingerprint density at radius 3 is 2.43 bits per heavy atom. The first-order valence-corrected chi connectivity index (χ1v) is 8.55. The topological polar surface area (TPSA) is 121 Å². The Bertz CT molecular complexity index is 1180. The maximum atomic E-state index is 14.2. The number of hydrogen-bond donors (Lipinski definition) is 0. The summed E-state index contributed by atoms with van der Waals surface area (Å²) in [4.78, 5) is 36.9. The number of hydrogen-bond acceptors (Lipinski definition) is 6. The van der Waals surface area contributed by atoms with Crippen LogP contribution in [0.25, 0.3) is 10.2 Å². The van der Waals surface area contributed by atoms with Gasteiger partial charge in [0, 0.05) is 18.7 Å². The van der Waals surface area contributed by atoms with Gasteiger partial charge in [-0.15, -0.1) is 6.58 Å². The summed E-state index contributed by atoms with van der Waals surface area (Å²) in [6.07, 6.45) is 1.50. The number of rotatable bonds is 5. The number of nitrogens with zero attached hydrogens (tertiary/aromatic N) is 4. The van der Waals surface area contributed by atoms with E-state index in [-0.39, 0.29) is 22.4 Å². The Morgan fingerprint density at radius 1 is 1.21 bits per heavy atom. The van der Waals surface area contributed by atoms with E-state index in [0.29, 0.717) is 4.70 Å². The molecule has 28 heavy (non-hydrogen) atoms. The molecule has 0 bridgehead atoms. The van der Waals surface area contributed by atoms with Crippen LogP contribution in [0.2, 0.25) is 0 Å². The fraction of sp³-hybridized carbons (Fsp3) is 0.0588. The molecule has 0 saturated carbocycles. The van der Waals surface area contributed by atoms with Crippen molar-refractivity contribution in [2.75, 3.05) is 0 Å². The number of nitro groups is 2. The molecular formula is C17H11FN4O5S. The van der Waals surface area contributed by atoms with Gasteiger partial charge in [0.25, 0.3) is 17.3 Å². The molecule has 0 atom stereocenters. The van der Waals surface area contributed by atoms with Gasteiger partial charge in [0.15, 0.2) is 4.80 Å². The normalized spacial score (nSPS) is 11.5. The summed E-state index contributed by atoms with van der Waals surface area (Å²) in [7, 11) is 0. The first kappa shape index (κ1) is 19.0. The van der Waals surface area contributed by atoms with Gasteiger partial charge in [-0.1, -0.05) is 23.5 Å². The van der Waals surface area contributed by atoms with Crippen molar-refractivity contribution in [3.05, 3.63) is 85.5 Å². The zero-order valence-corrected chi connectivity index (χ0v) is 14.9. The van der Waals surface area contributed by atoms with Crippen LogP contribution in [-0.4, -0.2) is 20.3 Å². The highest BCUT2D eigenvalue weighted by Gasteiger charge is 2.20. The minimum Gasteiger partial charge on any atom is -0.310 e. The Kier molecular flexibility index (Phi) is 5.09. The van der Waals surface area contributed by atoms with Crippen molar-refractivity contribution in [3.63, 3.8) is 0 Å². The smallest absolute Gasteiger partial charge is 0.280 e. The summed E-state index contributed by atoms with van der Waals surface area (Å²) < 4.78 is 16.2. The van der Waals surface area contributed by atoms with Gasteiger partial charge in [-0.3, -0.25) is 25.0 Å². The summed E-state index contributed by atoms with van der Waals surface area (Å²) in [6, 6.07) is 7.01. The minimum atomic E-state index is -0.920. The van der Waals surface area contributed by atoms with Crippen molar-refractivity contribution in [1.29, 1.82) is 0 Å². The quantitative estimate of drug-likeness (QED) is 0.367. The molecule has 0 unspecified atom stereocenters. The summed E-state index contributed by atoms with van der Waals surface area (Å²) in [5.74, 6) is -1.42. The van der Waals surface area contributed by atoms with E-state index in [1.54, 1.807) is 6.07 Å². The number of thiazole rings is 1. The average Bonchev–Trinajstić information content (AvgIpc) is 3.00. The van der Waals surface area contributed by atoms with Crippen LogP contribution in [0.15, 0.2) is 54.0 Å². The number of para-hydroxylation sites is 1. The Morgan fingerprint density at radius 2 is 1.86 bits per heavy atom. The van der Waals surface area contributed by atoms with Crippen molar-refractivity contribution in [2.45, 2.75) is 6.54 Å². The van der Waals surface area contributed by atoms with E-state index in [1.165, 1.54) is 22.8 Å². The molecule has 1 heterocycles. The predicted molar refractivity (Wildman–Crippen MR) is 99.6 cm³/mol. The highest BCUT2D eigenvalue weighted by atomic mass is 32.1. The predicted octanol–water partition coefficient (Wildman–Crippen LogP) is 3.59. The third-order valence-corrected chi connectivity index (χ3v) is 4.78. The van der Waals surface area contributed by atoms with Gasteiger partial charge in [0.1, 0.15) is 5.82 Å². The maximum Gasteiger partial charge on any atom is 0.280 e. The van der Waals surface area contributed by atoms with Gasteiger partial charge < -0.3 is 4.57 Å². The zero-order valence-electron chi connectivity index (χ0n) is 14.1. The monoisotopic (exact) mass is 402 g/mol. The molecule has 2 aromatic carbocycles. The lowest BCUT2D eigenvalue weighted by molar-refractivity contribution is -0.394. The van der Waals surface area contributed by atoms with Crippen molar-refractivity contribution >= 4 is 38.8 Å². The van der Waals surface area contributed by atoms with Gasteiger partial charge in [0.05, 0.1) is 31.7 Å². The van der Waals surface area contributed by atoms with E-state index in [0.717, 1.165) is 29.5 Å². The largest absolute Gasteiger partial charge is 0.310 e. The zero-order chi connectivity index (χ0) is 20.4. The molecule has 3 rings (SSSR count). The standard InChI is InChI=1S/C17H11FN4O5S/c1-2-6-20-15-13(18)4-3-5-14(15)28-17(20)19-16(23)10-7-11(21(24)25)9-12(8-10)22(26)27/h2-5,7-9H,1,6H2. The van der Waals surface area contributed by atoms with E-state index in [1.807, 2.05) is 0 Å². The molecule has 0 aliphatic carbocycles. The third kappa shape index (κ3) is 3.55. The summed E-state index contributed by atoms with van der Waals surface area (Å²) in [5, 5.41) is 22.0. The molecule has 0 saturated heterocycles. The first-order chi connectivity index (χ1) is 13.3. The van der Waals surface area contributed by atoms with Crippen LogP contribution in [0, 0.1) is 26.0 Å². The molecule has 0 radical (unpaired) electrons. The number of aromatic nitrogens is 1. The molecule has 0 fully saturated rings. The summed E-state index contributed by atoms with van der Waals surface area (Å²) >= 11 is 1.04. The molecule has 0 aliphatic rings. The fourth-order valence-corrected chi connectivity index (χ4v) is 3.60. The molecule has 1 aromatic heterocycles. The number of non-ortho nitro benzene ring substituents is 2. The summed E-state index contributed by atoms with van der Waals surface area (Å²) in [5.41, 5.74) is -1.28. The van der Waals surface area contributed by atoms with Crippen LogP contribution in [0.3, 0.4) is 0 Å². The number of benzene rings is 2. The van der Waals surface area contributed by atoms with Gasteiger partial charge in [-0.2, -0.15) is 4.99 Å². The molecule has 9 nitrogen and oxygen atoms in total. The molecule has 142 valence electrons. The molecule has 11 heteroatoms. The average molecular weight is 402 g/mol. The van der Waals surface area contributed by atoms with E-state index < -0.39 is 32.9 Å². The number of halogens is 1. The van der Waals surface area contributed by atoms with Gasteiger partial charge in [0.2, 0.25) is 0 Å². The Hall–Kier alpha value is -3.73. The van der Waals surface area contributed by atoms with Crippen LogP contribution in [-0.2, 0) is 6.54 Å². The lowest BCUT2D eigenvalue weighted by Crippen LogP contribution is -2.17. The second-order valence-electron chi connectivity index (χ2n) is 5.54. The van der Waals surface area contributed by atoms with E-state index in [4.69, 9.17) is 0 Å². The second kappa shape index (κ2) is 7.48. The van der Waals surface area contributed by atoms with Gasteiger partial charge >= 0.3 is 0 Å². The van der Waals surface area contributed by atoms with Crippen LogP contribution in [0.5, 0.6) is 0 Å². The van der Waals surface area contributed by atoms with Crippen molar-refractivity contribution < 1.29 is 19.0 Å². The minimum absolute atomic E-state index is 0.138. The number of carbonyl (C=O) groups is 1. The van der Waals surface area contributed by atoms with E-state index in [2.05, 4.69) is 11.6 Å². The summed E-state index contributed by atoms with van der Waals surface area (Å²) in [6.45, 7) is 3.77. The Balaban J connectivity index is 2.19. The number of allylic oxidation sites excluding steroid dienone is 1. The number of carbonyl (C=O) groups excluding carboxylic acids is 1. The van der Waals surface area contributed by atoms with Crippen molar-refractivity contribution in [1.82, 2.24) is 4.57 Å². The van der Waals surface area contributed by atoms with Crippen molar-refractivity contribution in [3.8, 4) is 0 Å². The van der Waals surface area contributed by atoms with Crippen LogP contribution in [0.4, 0.5) is 15.8 Å². The highest BCUT2D eigenvalue weighted by molar-refractivity contribution is 7.16. The molecule has 0 N–H and O–H groups in total. The molecule has 0 aliphatic heterocycles. The lowest BCUT2D eigenvalue weighted by atomic mass is 10.1. The second-order valence-corrected chi connectivity index (χ2v) is 6.55. The maximum absolute atomic E-state index is 14.2. The van der Waals surface area contributed by atoms with Gasteiger partial charge in [-0.25, -0.2) is 4.39 Å². The van der Waals surface area contributed by atoms with Crippen LogP contribution in [0.1, 0.15) is 10.4 Å². The molecule has 3 aromatic rings. The molecule has 0 spiro atoms. The number of nitro benzene ring substituents is 2. The highest BCUT2D eigenvalue weighted by Crippen LogP contribution is 2.24. The SMILES string of the molecule is C=CCn1c(=NC(=O)c2cc([N+](=O)[O-])cc([N+](=O)[O-])c2)sc2cccc(F)c21. The first-order valence-electron chi connectivity index (χ1n) is 7.73. The Labute approximate surface area is 160 Å². The van der Waals surface area contributed by atoms with Gasteiger partial charge in [-0.05, 0) is 12.1 Å². The fourth-order valence-electron chi connectivity index (χ4n) is 2.55. The van der Waals surface area contributed by atoms with Crippen molar-refractivity contribution in [2.24, 2.45) is 4.99 Å². The molecule has 1 amide bonds. The number of fused-ring (bicyclic) bond motifs is 1. The third-order valence-electron chi connectivity index (χ3n) is 3.73. The number of amides is 1. The van der Waals surface area contributed by atoms with E-state index >= 15 is 0 Å². The van der Waals surface area contributed by atoms with E-state index in [9.17, 15) is 29.4 Å².